The largest absolute Gasteiger partial charge is 0.342 e. The van der Waals surface area contributed by atoms with E-state index in [0.717, 1.165) is 16.7 Å². The molecule has 0 bridgehead atoms. The maximum absolute atomic E-state index is 13.7. The molecule has 1 aromatic carbocycles. The Morgan fingerprint density at radius 2 is 2.28 bits per heavy atom. The highest BCUT2D eigenvalue weighted by molar-refractivity contribution is 9.10. The van der Waals surface area contributed by atoms with E-state index in [2.05, 4.69) is 32.8 Å². The monoisotopic (exact) mass is 311 g/mol. The number of aromatic nitrogens is 2. The summed E-state index contributed by atoms with van der Waals surface area (Å²) in [6, 6.07) is 4.84. The summed E-state index contributed by atoms with van der Waals surface area (Å²) in [7, 11) is 0. The van der Waals surface area contributed by atoms with Crippen molar-refractivity contribution in [3.63, 3.8) is 0 Å². The van der Waals surface area contributed by atoms with Gasteiger partial charge in [-0.25, -0.2) is 9.37 Å². The summed E-state index contributed by atoms with van der Waals surface area (Å²) in [5, 5.41) is 0. The Bertz CT molecular complexity index is 539. The summed E-state index contributed by atoms with van der Waals surface area (Å²) in [6.45, 7) is 2.67. The van der Waals surface area contributed by atoms with Gasteiger partial charge in [0.25, 0.3) is 0 Å². The molecule has 1 aromatic heterocycles. The summed E-state index contributed by atoms with van der Waals surface area (Å²) in [4.78, 5) is 7.39. The molecule has 0 radical (unpaired) electrons. The van der Waals surface area contributed by atoms with Gasteiger partial charge >= 0.3 is 0 Å². The number of H-pyrrole nitrogens is 1. The van der Waals surface area contributed by atoms with Crippen molar-refractivity contribution in [1.29, 1.82) is 0 Å². The second kappa shape index (κ2) is 5.63. The zero-order valence-electron chi connectivity index (χ0n) is 10.1. The standard InChI is InChI=1S/C13H15BrFN3/c1-8(6-16)4-13-17-7-12(18-13)10-5-9(14)2-3-11(10)15/h2-3,5,7-8H,4,6,16H2,1H3,(H,17,18). The minimum Gasteiger partial charge on any atom is -0.342 e. The molecule has 96 valence electrons. The van der Waals surface area contributed by atoms with Crippen LogP contribution in [0.1, 0.15) is 12.7 Å². The number of nitrogens with zero attached hydrogens (tertiary/aromatic N) is 1. The molecule has 0 aliphatic carbocycles. The summed E-state index contributed by atoms with van der Waals surface area (Å²) >= 11 is 3.33. The summed E-state index contributed by atoms with van der Waals surface area (Å²) in [5.74, 6) is 0.930. The van der Waals surface area contributed by atoms with Gasteiger partial charge in [0.1, 0.15) is 11.6 Å². The maximum Gasteiger partial charge on any atom is 0.132 e. The van der Waals surface area contributed by atoms with Gasteiger partial charge in [0.05, 0.1) is 11.9 Å². The smallest absolute Gasteiger partial charge is 0.132 e. The predicted octanol–water partition coefficient (Wildman–Crippen LogP) is 3.12. The van der Waals surface area contributed by atoms with Crippen LogP contribution in [0.5, 0.6) is 0 Å². The van der Waals surface area contributed by atoms with Gasteiger partial charge in [-0.3, -0.25) is 0 Å². The van der Waals surface area contributed by atoms with Gasteiger partial charge in [0.15, 0.2) is 0 Å². The van der Waals surface area contributed by atoms with Crippen LogP contribution in [0.15, 0.2) is 28.9 Å². The third-order valence-corrected chi connectivity index (χ3v) is 3.28. The topological polar surface area (TPSA) is 54.7 Å². The number of nitrogens with one attached hydrogen (secondary N) is 1. The van der Waals surface area contributed by atoms with Crippen LogP contribution >= 0.6 is 15.9 Å². The van der Waals surface area contributed by atoms with Crippen LogP contribution < -0.4 is 5.73 Å². The molecule has 0 spiro atoms. The van der Waals surface area contributed by atoms with Crippen molar-refractivity contribution in [2.45, 2.75) is 13.3 Å². The van der Waals surface area contributed by atoms with E-state index in [1.807, 2.05) is 0 Å². The lowest BCUT2D eigenvalue weighted by Gasteiger charge is -2.05. The van der Waals surface area contributed by atoms with Crippen molar-refractivity contribution in [2.75, 3.05) is 6.54 Å². The SMILES string of the molecule is CC(CN)Cc1ncc(-c2cc(Br)ccc2F)[nH]1. The van der Waals surface area contributed by atoms with E-state index in [0.29, 0.717) is 23.7 Å². The molecule has 0 saturated heterocycles. The van der Waals surface area contributed by atoms with Gasteiger partial charge in [0.2, 0.25) is 0 Å². The number of halogens is 2. The van der Waals surface area contributed by atoms with E-state index in [1.54, 1.807) is 18.3 Å². The molecule has 0 saturated carbocycles. The lowest BCUT2D eigenvalue weighted by molar-refractivity contribution is 0.577. The summed E-state index contributed by atoms with van der Waals surface area (Å²) in [6.07, 6.45) is 2.43. The Morgan fingerprint density at radius 3 is 3.00 bits per heavy atom. The van der Waals surface area contributed by atoms with Crippen molar-refractivity contribution < 1.29 is 4.39 Å². The molecule has 0 aliphatic heterocycles. The van der Waals surface area contributed by atoms with E-state index < -0.39 is 0 Å². The van der Waals surface area contributed by atoms with Crippen molar-refractivity contribution in [3.05, 3.63) is 40.5 Å². The summed E-state index contributed by atoms with van der Waals surface area (Å²) < 4.78 is 14.5. The lowest BCUT2D eigenvalue weighted by Crippen LogP contribution is -2.13. The summed E-state index contributed by atoms with van der Waals surface area (Å²) in [5.41, 5.74) is 6.78. The fourth-order valence-corrected chi connectivity index (χ4v) is 2.08. The molecule has 0 amide bonds. The van der Waals surface area contributed by atoms with Crippen molar-refractivity contribution in [2.24, 2.45) is 11.7 Å². The van der Waals surface area contributed by atoms with Crippen molar-refractivity contribution >= 4 is 15.9 Å². The first-order valence-electron chi connectivity index (χ1n) is 5.79. The van der Waals surface area contributed by atoms with Gasteiger partial charge in [-0.05, 0) is 30.7 Å². The van der Waals surface area contributed by atoms with Crippen LogP contribution in [0.2, 0.25) is 0 Å². The Labute approximate surface area is 114 Å². The number of imidazole rings is 1. The number of nitrogens with two attached hydrogens (primary N) is 1. The first-order valence-corrected chi connectivity index (χ1v) is 6.59. The highest BCUT2D eigenvalue weighted by atomic mass is 79.9. The molecule has 3 N–H and O–H groups in total. The van der Waals surface area contributed by atoms with Crippen LogP contribution in [0, 0.1) is 11.7 Å². The van der Waals surface area contributed by atoms with Crippen molar-refractivity contribution in [3.8, 4) is 11.3 Å². The predicted molar refractivity (Wildman–Crippen MR) is 73.6 cm³/mol. The molecular weight excluding hydrogens is 297 g/mol. The van der Waals surface area contributed by atoms with E-state index in [1.165, 1.54) is 6.07 Å². The molecule has 0 fully saturated rings. The highest BCUT2D eigenvalue weighted by Crippen LogP contribution is 2.25. The molecule has 5 heteroatoms. The number of aromatic amines is 1. The van der Waals surface area contributed by atoms with E-state index >= 15 is 0 Å². The van der Waals surface area contributed by atoms with Crippen LogP contribution in [-0.2, 0) is 6.42 Å². The molecule has 3 nitrogen and oxygen atoms in total. The molecule has 2 rings (SSSR count). The fraction of sp³-hybridized carbons (Fsp3) is 0.308. The van der Waals surface area contributed by atoms with Gasteiger partial charge in [0, 0.05) is 16.5 Å². The lowest BCUT2D eigenvalue weighted by atomic mass is 10.1. The van der Waals surface area contributed by atoms with Gasteiger partial charge in [-0.2, -0.15) is 0 Å². The number of hydrogen-bond acceptors (Lipinski definition) is 2. The molecule has 1 atom stereocenters. The maximum atomic E-state index is 13.7. The normalized spacial score (nSPS) is 12.7. The Balaban J connectivity index is 2.26. The Morgan fingerprint density at radius 1 is 1.50 bits per heavy atom. The Kier molecular flexibility index (Phi) is 4.14. The molecular formula is C13H15BrFN3. The van der Waals surface area contributed by atoms with Crippen LogP contribution in [0.3, 0.4) is 0 Å². The number of hydrogen-bond donors (Lipinski definition) is 2. The van der Waals surface area contributed by atoms with Crippen LogP contribution in [-0.4, -0.2) is 16.5 Å². The van der Waals surface area contributed by atoms with Crippen molar-refractivity contribution in [1.82, 2.24) is 9.97 Å². The zero-order valence-corrected chi connectivity index (χ0v) is 11.7. The molecule has 0 aliphatic rings. The first kappa shape index (κ1) is 13.2. The van der Waals surface area contributed by atoms with Gasteiger partial charge in [-0.1, -0.05) is 22.9 Å². The van der Waals surface area contributed by atoms with Crippen LogP contribution in [0.25, 0.3) is 11.3 Å². The second-order valence-electron chi connectivity index (χ2n) is 4.41. The average Bonchev–Trinajstić information content (AvgIpc) is 2.80. The quantitative estimate of drug-likeness (QED) is 0.911. The van der Waals surface area contributed by atoms with E-state index in [-0.39, 0.29) is 5.82 Å². The Hall–Kier alpha value is -1.20. The highest BCUT2D eigenvalue weighted by Gasteiger charge is 2.10. The molecule has 18 heavy (non-hydrogen) atoms. The van der Waals surface area contributed by atoms with Gasteiger partial charge < -0.3 is 10.7 Å². The third-order valence-electron chi connectivity index (χ3n) is 2.79. The minimum absolute atomic E-state index is 0.264. The van der Waals surface area contributed by atoms with E-state index in [4.69, 9.17) is 5.73 Å². The number of benzene rings is 1. The van der Waals surface area contributed by atoms with Gasteiger partial charge in [-0.15, -0.1) is 0 Å². The third kappa shape index (κ3) is 2.97. The fourth-order valence-electron chi connectivity index (χ4n) is 1.72. The molecule has 1 unspecified atom stereocenters. The van der Waals surface area contributed by atoms with E-state index in [9.17, 15) is 4.39 Å². The molecule has 2 aromatic rings. The molecule has 1 heterocycles. The van der Waals surface area contributed by atoms with Crippen LogP contribution in [0.4, 0.5) is 4.39 Å². The number of rotatable bonds is 4. The first-order chi connectivity index (χ1) is 8.60. The zero-order chi connectivity index (χ0) is 13.1. The minimum atomic E-state index is -0.264. The second-order valence-corrected chi connectivity index (χ2v) is 5.33. The average molecular weight is 312 g/mol.